The van der Waals surface area contributed by atoms with Crippen LogP contribution >= 0.6 is 11.8 Å². The zero-order chi connectivity index (χ0) is 12.8. The van der Waals surface area contributed by atoms with Gasteiger partial charge < -0.3 is 15.4 Å². The molecule has 0 bridgehead atoms. The minimum atomic E-state index is 0.519. The second kappa shape index (κ2) is 7.13. The molecule has 0 amide bonds. The molecular formula is C14H28N2OS. The molecule has 1 aliphatic heterocycles. The van der Waals surface area contributed by atoms with Gasteiger partial charge in [0.15, 0.2) is 0 Å². The minimum Gasteiger partial charge on any atom is -0.379 e. The molecule has 3 nitrogen and oxygen atoms in total. The van der Waals surface area contributed by atoms with Crippen molar-refractivity contribution in [3.8, 4) is 0 Å². The van der Waals surface area contributed by atoms with Crippen molar-refractivity contribution in [2.45, 2.75) is 55.9 Å². The quantitative estimate of drug-likeness (QED) is 0.775. The Morgan fingerprint density at radius 1 is 1.44 bits per heavy atom. The molecule has 1 saturated carbocycles. The molecule has 2 unspecified atom stereocenters. The second-order valence-corrected chi connectivity index (χ2v) is 7.11. The standard InChI is InChI=1S/C14H28N2OS/c1-12(9-13-10-17-8-7-15-13)16-11-14(18-2)5-3-4-6-14/h12-13,15-16H,3-11H2,1-2H3. The molecule has 2 rings (SSSR count). The van der Waals surface area contributed by atoms with E-state index in [0.717, 1.165) is 19.8 Å². The Balaban J connectivity index is 1.68. The summed E-state index contributed by atoms with van der Waals surface area (Å²) in [5.41, 5.74) is 0. The number of thioether (sulfide) groups is 1. The van der Waals surface area contributed by atoms with E-state index in [-0.39, 0.29) is 0 Å². The topological polar surface area (TPSA) is 33.3 Å². The highest BCUT2D eigenvalue weighted by atomic mass is 32.2. The fourth-order valence-corrected chi connectivity index (χ4v) is 4.04. The monoisotopic (exact) mass is 272 g/mol. The predicted octanol–water partition coefficient (Wildman–Crippen LogP) is 2.02. The SMILES string of the molecule is CSC1(CNC(C)CC2COCCN2)CCCC1. The van der Waals surface area contributed by atoms with Crippen LogP contribution in [0.4, 0.5) is 0 Å². The van der Waals surface area contributed by atoms with Crippen LogP contribution in [-0.2, 0) is 4.74 Å². The lowest BCUT2D eigenvalue weighted by Gasteiger charge is -2.31. The number of nitrogens with one attached hydrogen (secondary N) is 2. The average molecular weight is 272 g/mol. The number of ether oxygens (including phenoxy) is 1. The summed E-state index contributed by atoms with van der Waals surface area (Å²) in [4.78, 5) is 0. The van der Waals surface area contributed by atoms with E-state index in [4.69, 9.17) is 4.74 Å². The van der Waals surface area contributed by atoms with E-state index in [1.807, 2.05) is 0 Å². The Morgan fingerprint density at radius 3 is 2.83 bits per heavy atom. The van der Waals surface area contributed by atoms with Crippen LogP contribution in [0, 0.1) is 0 Å². The van der Waals surface area contributed by atoms with Gasteiger partial charge in [-0.15, -0.1) is 0 Å². The summed E-state index contributed by atoms with van der Waals surface area (Å²) in [6.07, 6.45) is 9.04. The second-order valence-electron chi connectivity index (χ2n) is 5.84. The predicted molar refractivity (Wildman–Crippen MR) is 79.4 cm³/mol. The van der Waals surface area contributed by atoms with Crippen molar-refractivity contribution < 1.29 is 4.74 Å². The molecule has 0 aromatic heterocycles. The Hall–Kier alpha value is 0.230. The average Bonchev–Trinajstić information content (AvgIpc) is 2.87. The maximum absolute atomic E-state index is 5.51. The van der Waals surface area contributed by atoms with Crippen LogP contribution < -0.4 is 10.6 Å². The third kappa shape index (κ3) is 4.12. The highest BCUT2D eigenvalue weighted by Crippen LogP contribution is 2.39. The zero-order valence-electron chi connectivity index (χ0n) is 11.8. The van der Waals surface area contributed by atoms with Gasteiger partial charge in [-0.1, -0.05) is 12.8 Å². The Bertz CT molecular complexity index is 238. The van der Waals surface area contributed by atoms with E-state index in [9.17, 15) is 0 Å². The van der Waals surface area contributed by atoms with Crippen molar-refractivity contribution in [2.24, 2.45) is 0 Å². The molecule has 106 valence electrons. The summed E-state index contributed by atoms with van der Waals surface area (Å²) in [5, 5.41) is 7.28. The molecule has 1 aliphatic carbocycles. The molecule has 1 saturated heterocycles. The molecule has 4 heteroatoms. The fourth-order valence-electron chi connectivity index (χ4n) is 3.11. The van der Waals surface area contributed by atoms with Crippen LogP contribution in [0.3, 0.4) is 0 Å². The maximum atomic E-state index is 5.51. The number of hydrogen-bond acceptors (Lipinski definition) is 4. The molecule has 1 heterocycles. The molecule has 2 aliphatic rings. The Labute approximate surface area is 116 Å². The van der Waals surface area contributed by atoms with Crippen molar-refractivity contribution in [1.29, 1.82) is 0 Å². The van der Waals surface area contributed by atoms with Gasteiger partial charge in [0, 0.05) is 29.9 Å². The molecular weight excluding hydrogens is 244 g/mol. The first-order valence-corrected chi connectivity index (χ1v) is 8.56. The number of hydrogen-bond donors (Lipinski definition) is 2. The van der Waals surface area contributed by atoms with Gasteiger partial charge in [0.1, 0.15) is 0 Å². The van der Waals surface area contributed by atoms with E-state index in [1.54, 1.807) is 0 Å². The number of rotatable bonds is 6. The largest absolute Gasteiger partial charge is 0.379 e. The Morgan fingerprint density at radius 2 is 2.22 bits per heavy atom. The highest BCUT2D eigenvalue weighted by molar-refractivity contribution is 8.00. The van der Waals surface area contributed by atoms with E-state index in [0.29, 0.717) is 16.8 Å². The fraction of sp³-hybridized carbons (Fsp3) is 1.00. The lowest BCUT2D eigenvalue weighted by atomic mass is 10.0. The molecule has 0 spiro atoms. The van der Waals surface area contributed by atoms with Crippen LogP contribution in [0.1, 0.15) is 39.0 Å². The maximum Gasteiger partial charge on any atom is 0.0620 e. The summed E-state index contributed by atoms with van der Waals surface area (Å²) in [6, 6.07) is 1.11. The minimum absolute atomic E-state index is 0.519. The molecule has 2 atom stereocenters. The first kappa shape index (κ1) is 14.6. The zero-order valence-corrected chi connectivity index (χ0v) is 12.7. The molecule has 18 heavy (non-hydrogen) atoms. The lowest BCUT2D eigenvalue weighted by molar-refractivity contribution is 0.0711. The smallest absolute Gasteiger partial charge is 0.0620 e. The first-order chi connectivity index (χ1) is 8.74. The highest BCUT2D eigenvalue weighted by Gasteiger charge is 2.33. The van der Waals surface area contributed by atoms with Crippen molar-refractivity contribution in [1.82, 2.24) is 10.6 Å². The van der Waals surface area contributed by atoms with Crippen molar-refractivity contribution >= 4 is 11.8 Å². The molecule has 0 aromatic carbocycles. The van der Waals surface area contributed by atoms with Crippen molar-refractivity contribution in [3.63, 3.8) is 0 Å². The summed E-state index contributed by atoms with van der Waals surface area (Å²) < 4.78 is 6.03. The third-order valence-corrected chi connectivity index (χ3v) is 5.78. The summed E-state index contributed by atoms with van der Waals surface area (Å²) in [6.45, 7) is 6.22. The molecule has 2 fully saturated rings. The third-order valence-electron chi connectivity index (χ3n) is 4.36. The summed E-state index contributed by atoms with van der Waals surface area (Å²) in [7, 11) is 0. The van der Waals surface area contributed by atoms with Gasteiger partial charge in [0.05, 0.1) is 13.2 Å². The van der Waals surface area contributed by atoms with Gasteiger partial charge in [-0.05, 0) is 32.4 Å². The normalized spacial score (nSPS) is 29.3. The van der Waals surface area contributed by atoms with Crippen LogP contribution in [-0.4, -0.2) is 49.4 Å². The van der Waals surface area contributed by atoms with Gasteiger partial charge in [0.2, 0.25) is 0 Å². The van der Waals surface area contributed by atoms with Gasteiger partial charge in [0.25, 0.3) is 0 Å². The first-order valence-electron chi connectivity index (χ1n) is 7.34. The van der Waals surface area contributed by atoms with Crippen molar-refractivity contribution in [3.05, 3.63) is 0 Å². The van der Waals surface area contributed by atoms with Gasteiger partial charge >= 0.3 is 0 Å². The number of morpholine rings is 1. The summed E-state index contributed by atoms with van der Waals surface area (Å²) >= 11 is 2.07. The van der Waals surface area contributed by atoms with Gasteiger partial charge in [-0.25, -0.2) is 0 Å². The molecule has 0 radical (unpaired) electrons. The van der Waals surface area contributed by atoms with Crippen LogP contribution in [0.5, 0.6) is 0 Å². The van der Waals surface area contributed by atoms with Crippen molar-refractivity contribution in [2.75, 3.05) is 32.6 Å². The van der Waals surface area contributed by atoms with Crippen LogP contribution in [0.25, 0.3) is 0 Å². The lowest BCUT2D eigenvalue weighted by Crippen LogP contribution is -2.47. The van der Waals surface area contributed by atoms with E-state index < -0.39 is 0 Å². The van der Waals surface area contributed by atoms with E-state index >= 15 is 0 Å². The molecule has 0 aromatic rings. The van der Waals surface area contributed by atoms with E-state index in [1.165, 1.54) is 38.6 Å². The van der Waals surface area contributed by atoms with Crippen LogP contribution in [0.2, 0.25) is 0 Å². The van der Waals surface area contributed by atoms with Gasteiger partial charge in [-0.3, -0.25) is 0 Å². The van der Waals surface area contributed by atoms with Crippen LogP contribution in [0.15, 0.2) is 0 Å². The molecule has 2 N–H and O–H groups in total. The van der Waals surface area contributed by atoms with Gasteiger partial charge in [-0.2, -0.15) is 11.8 Å². The summed E-state index contributed by atoms with van der Waals surface area (Å²) in [5.74, 6) is 0. The Kier molecular flexibility index (Phi) is 5.80. The van der Waals surface area contributed by atoms with E-state index in [2.05, 4.69) is 35.6 Å².